The average Bonchev–Trinajstić information content (AvgIpc) is 2.24. The van der Waals surface area contributed by atoms with E-state index >= 15 is 0 Å². The molecule has 1 aromatic carbocycles. The van der Waals surface area contributed by atoms with Gasteiger partial charge in [-0.1, -0.05) is 35.3 Å². The minimum Gasteiger partial charge on any atom is -0.355 e. The Morgan fingerprint density at radius 2 is 2.06 bits per heavy atom. The molecule has 0 aliphatic heterocycles. The standard InChI is InChI=1S/C10H12Cl2N2O.ClH/c11-8-3-1-2-7(10(8)12)4-5-14-9(15)6-13;/h1-3H,4-6,13H2,(H,14,15);1H. The fourth-order valence-electron chi connectivity index (χ4n) is 1.15. The SMILES string of the molecule is Cl.NCC(=O)NCCc1cccc(Cl)c1Cl. The van der Waals surface area contributed by atoms with Crippen LogP contribution < -0.4 is 11.1 Å². The summed E-state index contributed by atoms with van der Waals surface area (Å²) in [7, 11) is 0. The number of halogens is 3. The topological polar surface area (TPSA) is 55.1 Å². The van der Waals surface area contributed by atoms with E-state index in [1.54, 1.807) is 6.07 Å². The Kier molecular flexibility index (Phi) is 7.51. The second-order valence-corrected chi connectivity index (χ2v) is 3.80. The molecule has 3 nitrogen and oxygen atoms in total. The van der Waals surface area contributed by atoms with Crippen molar-refractivity contribution >= 4 is 41.5 Å². The van der Waals surface area contributed by atoms with Gasteiger partial charge < -0.3 is 11.1 Å². The predicted octanol–water partition coefficient (Wildman–Crippen LogP) is 2.03. The van der Waals surface area contributed by atoms with Crippen molar-refractivity contribution in [2.75, 3.05) is 13.1 Å². The van der Waals surface area contributed by atoms with Crippen molar-refractivity contribution in [1.82, 2.24) is 5.32 Å². The van der Waals surface area contributed by atoms with Crippen molar-refractivity contribution in [1.29, 1.82) is 0 Å². The van der Waals surface area contributed by atoms with Crippen molar-refractivity contribution in [3.05, 3.63) is 33.8 Å². The Balaban J connectivity index is 0.00000225. The van der Waals surface area contributed by atoms with Crippen LogP contribution in [0.3, 0.4) is 0 Å². The number of carbonyl (C=O) groups is 1. The Bertz CT molecular complexity index is 358. The van der Waals surface area contributed by atoms with Gasteiger partial charge in [-0.3, -0.25) is 4.79 Å². The first-order chi connectivity index (χ1) is 7.15. The van der Waals surface area contributed by atoms with Gasteiger partial charge in [0.05, 0.1) is 16.6 Å². The van der Waals surface area contributed by atoms with Gasteiger partial charge in [-0.05, 0) is 18.1 Å². The zero-order valence-corrected chi connectivity index (χ0v) is 10.8. The lowest BCUT2D eigenvalue weighted by Gasteiger charge is -2.06. The Morgan fingerprint density at radius 1 is 1.38 bits per heavy atom. The molecule has 0 unspecified atom stereocenters. The van der Waals surface area contributed by atoms with Crippen molar-refractivity contribution in [3.8, 4) is 0 Å². The maximum absolute atomic E-state index is 10.9. The van der Waals surface area contributed by atoms with Gasteiger partial charge in [0.1, 0.15) is 0 Å². The smallest absolute Gasteiger partial charge is 0.233 e. The molecule has 0 heterocycles. The summed E-state index contributed by atoms with van der Waals surface area (Å²) in [4.78, 5) is 10.9. The molecule has 0 aliphatic carbocycles. The van der Waals surface area contributed by atoms with E-state index in [4.69, 9.17) is 28.9 Å². The van der Waals surface area contributed by atoms with Crippen molar-refractivity contribution < 1.29 is 4.79 Å². The van der Waals surface area contributed by atoms with Crippen LogP contribution in [0.25, 0.3) is 0 Å². The summed E-state index contributed by atoms with van der Waals surface area (Å²) in [5.41, 5.74) is 6.06. The molecule has 0 radical (unpaired) electrons. The monoisotopic (exact) mass is 282 g/mol. The molecule has 16 heavy (non-hydrogen) atoms. The molecule has 1 rings (SSSR count). The Labute approximate surface area is 111 Å². The second kappa shape index (κ2) is 7.74. The van der Waals surface area contributed by atoms with Gasteiger partial charge in [-0.25, -0.2) is 0 Å². The number of benzene rings is 1. The van der Waals surface area contributed by atoms with E-state index in [-0.39, 0.29) is 24.9 Å². The lowest BCUT2D eigenvalue weighted by molar-refractivity contribution is -0.119. The number of hydrogen-bond donors (Lipinski definition) is 2. The molecule has 1 amide bonds. The number of carbonyl (C=O) groups excluding carboxylic acids is 1. The minimum atomic E-state index is -0.173. The van der Waals surface area contributed by atoms with Crippen LogP contribution in [0.15, 0.2) is 18.2 Å². The van der Waals surface area contributed by atoms with Gasteiger partial charge in [0.15, 0.2) is 0 Å². The Morgan fingerprint density at radius 3 is 2.69 bits per heavy atom. The van der Waals surface area contributed by atoms with Gasteiger partial charge in [-0.2, -0.15) is 0 Å². The summed E-state index contributed by atoms with van der Waals surface area (Å²) in [6, 6.07) is 5.43. The number of amides is 1. The average molecular weight is 284 g/mol. The first-order valence-corrected chi connectivity index (χ1v) is 5.30. The normalized spacial score (nSPS) is 9.44. The van der Waals surface area contributed by atoms with E-state index in [0.717, 1.165) is 5.56 Å². The quantitative estimate of drug-likeness (QED) is 0.888. The van der Waals surface area contributed by atoms with Gasteiger partial charge in [0.2, 0.25) is 5.91 Å². The first kappa shape index (κ1) is 15.5. The third kappa shape index (κ3) is 4.58. The number of nitrogens with two attached hydrogens (primary N) is 1. The molecule has 0 bridgehead atoms. The summed E-state index contributed by atoms with van der Waals surface area (Å²) in [6.45, 7) is 0.513. The van der Waals surface area contributed by atoms with E-state index in [2.05, 4.69) is 5.32 Å². The summed E-state index contributed by atoms with van der Waals surface area (Å²) in [5, 5.41) is 3.73. The third-order valence-corrected chi connectivity index (χ3v) is 2.79. The van der Waals surface area contributed by atoms with Crippen LogP contribution in [0, 0.1) is 0 Å². The summed E-state index contributed by atoms with van der Waals surface area (Å²) in [5.74, 6) is -0.173. The van der Waals surface area contributed by atoms with E-state index in [0.29, 0.717) is 23.0 Å². The van der Waals surface area contributed by atoms with Crippen LogP contribution in [0.2, 0.25) is 10.0 Å². The molecule has 0 atom stereocenters. The summed E-state index contributed by atoms with van der Waals surface area (Å²) in [6.07, 6.45) is 0.644. The van der Waals surface area contributed by atoms with E-state index < -0.39 is 0 Å². The van der Waals surface area contributed by atoms with E-state index in [9.17, 15) is 4.79 Å². The highest BCUT2D eigenvalue weighted by atomic mass is 35.5. The second-order valence-electron chi connectivity index (χ2n) is 3.02. The van der Waals surface area contributed by atoms with Gasteiger partial charge in [0, 0.05) is 6.54 Å². The van der Waals surface area contributed by atoms with Crippen LogP contribution in [0.1, 0.15) is 5.56 Å². The van der Waals surface area contributed by atoms with Crippen LogP contribution in [-0.4, -0.2) is 19.0 Å². The highest BCUT2D eigenvalue weighted by Crippen LogP contribution is 2.25. The lowest BCUT2D eigenvalue weighted by Crippen LogP contribution is -2.31. The molecule has 6 heteroatoms. The van der Waals surface area contributed by atoms with Gasteiger partial charge in [-0.15, -0.1) is 12.4 Å². The molecular formula is C10H13Cl3N2O. The molecule has 0 saturated carbocycles. The van der Waals surface area contributed by atoms with Crippen LogP contribution in [-0.2, 0) is 11.2 Å². The van der Waals surface area contributed by atoms with Gasteiger partial charge in [0.25, 0.3) is 0 Å². The first-order valence-electron chi connectivity index (χ1n) is 4.55. The molecule has 1 aromatic rings. The van der Waals surface area contributed by atoms with Gasteiger partial charge >= 0.3 is 0 Å². The maximum atomic E-state index is 10.9. The molecule has 0 spiro atoms. The molecule has 0 aromatic heterocycles. The predicted molar refractivity (Wildman–Crippen MR) is 69.5 cm³/mol. The third-order valence-electron chi connectivity index (χ3n) is 1.93. The summed E-state index contributed by atoms with van der Waals surface area (Å²) >= 11 is 11.8. The molecule has 0 saturated heterocycles. The van der Waals surface area contributed by atoms with Crippen LogP contribution in [0.4, 0.5) is 0 Å². The maximum Gasteiger partial charge on any atom is 0.233 e. The zero-order valence-electron chi connectivity index (χ0n) is 8.50. The molecule has 90 valence electrons. The Hall–Kier alpha value is -0.480. The van der Waals surface area contributed by atoms with E-state index in [1.165, 1.54) is 0 Å². The molecule has 3 N–H and O–H groups in total. The molecule has 0 fully saturated rings. The van der Waals surface area contributed by atoms with E-state index in [1.807, 2.05) is 12.1 Å². The highest BCUT2D eigenvalue weighted by molar-refractivity contribution is 6.42. The van der Waals surface area contributed by atoms with Crippen LogP contribution in [0.5, 0.6) is 0 Å². The fourth-order valence-corrected chi connectivity index (χ4v) is 1.56. The highest BCUT2D eigenvalue weighted by Gasteiger charge is 2.04. The fraction of sp³-hybridized carbons (Fsp3) is 0.300. The minimum absolute atomic E-state index is 0. The zero-order chi connectivity index (χ0) is 11.3. The number of rotatable bonds is 4. The lowest BCUT2D eigenvalue weighted by atomic mass is 10.1. The van der Waals surface area contributed by atoms with Crippen molar-refractivity contribution in [2.45, 2.75) is 6.42 Å². The number of hydrogen-bond acceptors (Lipinski definition) is 2. The van der Waals surface area contributed by atoms with Crippen molar-refractivity contribution in [2.24, 2.45) is 5.73 Å². The molecule has 0 aliphatic rings. The number of nitrogens with one attached hydrogen (secondary N) is 1. The van der Waals surface area contributed by atoms with Crippen molar-refractivity contribution in [3.63, 3.8) is 0 Å². The molecular weight excluding hydrogens is 270 g/mol. The summed E-state index contributed by atoms with van der Waals surface area (Å²) < 4.78 is 0. The van der Waals surface area contributed by atoms with Crippen LogP contribution >= 0.6 is 35.6 Å². The largest absolute Gasteiger partial charge is 0.355 e.